The molecule has 1 aliphatic heterocycles. The number of benzene rings is 1. The first-order valence-corrected chi connectivity index (χ1v) is 10.1. The average Bonchev–Trinajstić information content (AvgIpc) is 2.80. The van der Waals surface area contributed by atoms with Gasteiger partial charge in [0.2, 0.25) is 0 Å². The minimum Gasteiger partial charge on any atom is -0.493 e. The first-order chi connectivity index (χ1) is 14.5. The van der Waals surface area contributed by atoms with Crippen molar-refractivity contribution in [3.63, 3.8) is 0 Å². The molecular formula is C21H34N4O5. The van der Waals surface area contributed by atoms with Gasteiger partial charge in [0, 0.05) is 33.2 Å². The van der Waals surface area contributed by atoms with Gasteiger partial charge in [-0.2, -0.15) is 0 Å². The summed E-state index contributed by atoms with van der Waals surface area (Å²) in [5.41, 5.74) is 1.11. The fourth-order valence-electron chi connectivity index (χ4n) is 3.36. The zero-order chi connectivity index (χ0) is 21.9. The van der Waals surface area contributed by atoms with Crippen LogP contribution in [-0.4, -0.2) is 84.6 Å². The zero-order valence-corrected chi connectivity index (χ0v) is 18.6. The van der Waals surface area contributed by atoms with Crippen molar-refractivity contribution < 1.29 is 23.7 Å². The minimum absolute atomic E-state index is 0.0882. The molecule has 1 saturated heterocycles. The van der Waals surface area contributed by atoms with Crippen molar-refractivity contribution in [3.05, 3.63) is 23.8 Å². The number of ether oxygens (including phenoxy) is 4. The van der Waals surface area contributed by atoms with Crippen molar-refractivity contribution in [1.29, 1.82) is 0 Å². The maximum absolute atomic E-state index is 11.6. The Kier molecular flexibility index (Phi) is 9.69. The summed E-state index contributed by atoms with van der Waals surface area (Å²) in [4.78, 5) is 18.3. The van der Waals surface area contributed by atoms with Gasteiger partial charge in [0.05, 0.1) is 46.5 Å². The number of aliphatic imine (C=N–C) groups is 1. The van der Waals surface area contributed by atoms with Gasteiger partial charge in [-0.25, -0.2) is 0 Å². The van der Waals surface area contributed by atoms with Gasteiger partial charge in [0.1, 0.15) is 0 Å². The first kappa shape index (κ1) is 23.8. The summed E-state index contributed by atoms with van der Waals surface area (Å²) >= 11 is 0. The molecule has 1 fully saturated rings. The highest BCUT2D eigenvalue weighted by molar-refractivity contribution is 5.80. The van der Waals surface area contributed by atoms with E-state index in [2.05, 4.69) is 26.6 Å². The zero-order valence-electron chi connectivity index (χ0n) is 18.6. The molecule has 9 heteroatoms. The predicted octanol–water partition coefficient (Wildman–Crippen LogP) is 1.05. The molecule has 0 saturated carbocycles. The molecule has 2 rings (SSSR count). The summed E-state index contributed by atoms with van der Waals surface area (Å²) in [6, 6.07) is 6.08. The Morgan fingerprint density at radius 1 is 1.13 bits per heavy atom. The van der Waals surface area contributed by atoms with E-state index >= 15 is 0 Å². The molecule has 0 radical (unpaired) electrons. The van der Waals surface area contributed by atoms with E-state index in [0.717, 1.165) is 18.7 Å². The van der Waals surface area contributed by atoms with Gasteiger partial charge < -0.3 is 29.6 Å². The van der Waals surface area contributed by atoms with Crippen molar-refractivity contribution in [3.8, 4) is 11.5 Å². The highest BCUT2D eigenvalue weighted by atomic mass is 16.5. The Morgan fingerprint density at radius 2 is 1.80 bits per heavy atom. The smallest absolute Gasteiger partial charge is 0.310 e. The van der Waals surface area contributed by atoms with Gasteiger partial charge in [-0.3, -0.25) is 14.7 Å². The normalized spacial score (nSPS) is 17.0. The molecule has 1 heterocycles. The maximum Gasteiger partial charge on any atom is 0.310 e. The minimum atomic E-state index is -0.269. The summed E-state index contributed by atoms with van der Waals surface area (Å²) in [5, 5.41) is 6.56. The molecule has 30 heavy (non-hydrogen) atoms. The lowest BCUT2D eigenvalue weighted by atomic mass is 10.0. The Bertz CT molecular complexity index is 707. The van der Waals surface area contributed by atoms with E-state index in [4.69, 9.17) is 18.9 Å². The lowest BCUT2D eigenvalue weighted by molar-refractivity contribution is -0.144. The molecule has 168 valence electrons. The third kappa shape index (κ3) is 6.50. The van der Waals surface area contributed by atoms with E-state index in [-0.39, 0.29) is 17.9 Å². The number of rotatable bonds is 9. The predicted molar refractivity (Wildman–Crippen MR) is 115 cm³/mol. The average molecular weight is 423 g/mol. The first-order valence-electron chi connectivity index (χ1n) is 10.1. The molecule has 0 spiro atoms. The number of methoxy groups -OCH3 is 3. The van der Waals surface area contributed by atoms with E-state index in [1.807, 2.05) is 19.1 Å². The molecule has 0 bridgehead atoms. The summed E-state index contributed by atoms with van der Waals surface area (Å²) < 4.78 is 21.2. The van der Waals surface area contributed by atoms with Gasteiger partial charge in [-0.15, -0.1) is 0 Å². The van der Waals surface area contributed by atoms with Crippen molar-refractivity contribution in [2.75, 3.05) is 67.8 Å². The van der Waals surface area contributed by atoms with Gasteiger partial charge >= 0.3 is 5.97 Å². The fourth-order valence-corrected chi connectivity index (χ4v) is 3.36. The van der Waals surface area contributed by atoms with Crippen LogP contribution in [0.4, 0.5) is 0 Å². The van der Waals surface area contributed by atoms with Crippen LogP contribution < -0.4 is 20.1 Å². The number of hydrogen-bond acceptors (Lipinski definition) is 7. The quantitative estimate of drug-likeness (QED) is 0.347. The van der Waals surface area contributed by atoms with Crippen molar-refractivity contribution >= 4 is 11.9 Å². The highest BCUT2D eigenvalue weighted by Gasteiger charge is 2.24. The van der Waals surface area contributed by atoms with Gasteiger partial charge in [0.15, 0.2) is 17.5 Å². The molecule has 0 amide bonds. The van der Waals surface area contributed by atoms with Crippen molar-refractivity contribution in [2.24, 2.45) is 10.9 Å². The fraction of sp³-hybridized carbons (Fsp3) is 0.619. The third-order valence-corrected chi connectivity index (χ3v) is 5.14. The van der Waals surface area contributed by atoms with Crippen LogP contribution in [0.15, 0.2) is 23.2 Å². The van der Waals surface area contributed by atoms with Crippen molar-refractivity contribution in [1.82, 2.24) is 15.5 Å². The number of hydrogen-bond donors (Lipinski definition) is 2. The molecule has 0 aromatic heterocycles. The third-order valence-electron chi connectivity index (χ3n) is 5.14. The van der Waals surface area contributed by atoms with Crippen LogP contribution in [0, 0.1) is 5.92 Å². The molecule has 9 nitrogen and oxygen atoms in total. The number of esters is 1. The van der Waals surface area contributed by atoms with E-state index in [9.17, 15) is 4.79 Å². The summed E-state index contributed by atoms with van der Waals surface area (Å²) in [7, 11) is 6.36. The standard InChI is InChI=1S/C21H34N4O5/c1-15(20(26)29-5)13-23-21(22-2)24-14-17(25-8-10-30-11-9-25)16-6-7-18(27-3)19(12-16)28-4/h6-7,12,15,17H,8-11,13-14H2,1-5H3,(H2,22,23,24). The second kappa shape index (κ2) is 12.2. The Balaban J connectivity index is 2.11. The number of morpholine rings is 1. The summed E-state index contributed by atoms with van der Waals surface area (Å²) in [6.07, 6.45) is 0. The molecule has 2 unspecified atom stereocenters. The number of nitrogens with one attached hydrogen (secondary N) is 2. The van der Waals surface area contributed by atoms with Gasteiger partial charge in [-0.05, 0) is 17.7 Å². The number of nitrogens with zero attached hydrogens (tertiary/aromatic N) is 2. The lowest BCUT2D eigenvalue weighted by Crippen LogP contribution is -2.47. The van der Waals surface area contributed by atoms with Gasteiger partial charge in [0.25, 0.3) is 0 Å². The lowest BCUT2D eigenvalue weighted by Gasteiger charge is -2.35. The molecule has 1 aliphatic rings. The largest absolute Gasteiger partial charge is 0.493 e. The van der Waals surface area contributed by atoms with E-state index in [1.165, 1.54) is 7.11 Å². The van der Waals surface area contributed by atoms with E-state index in [1.54, 1.807) is 21.3 Å². The van der Waals surface area contributed by atoms with E-state index in [0.29, 0.717) is 43.8 Å². The van der Waals surface area contributed by atoms with E-state index < -0.39 is 0 Å². The number of carbonyl (C=O) groups excluding carboxylic acids is 1. The second-order valence-corrected chi connectivity index (χ2v) is 7.04. The van der Waals surface area contributed by atoms with Crippen LogP contribution in [0.2, 0.25) is 0 Å². The van der Waals surface area contributed by atoms with Crippen LogP contribution >= 0.6 is 0 Å². The topological polar surface area (TPSA) is 93.7 Å². The molecule has 1 aromatic carbocycles. The van der Waals surface area contributed by atoms with Crippen molar-refractivity contribution in [2.45, 2.75) is 13.0 Å². The van der Waals surface area contributed by atoms with Crippen LogP contribution in [0.3, 0.4) is 0 Å². The molecule has 1 aromatic rings. The van der Waals surface area contributed by atoms with Crippen LogP contribution in [0.5, 0.6) is 11.5 Å². The SMILES string of the molecule is CN=C(NCC(C)C(=O)OC)NCC(c1ccc(OC)c(OC)c1)N1CCOCC1. The number of guanidine groups is 1. The number of carbonyl (C=O) groups is 1. The Morgan fingerprint density at radius 3 is 2.40 bits per heavy atom. The Hall–Kier alpha value is -2.52. The van der Waals surface area contributed by atoms with Crippen LogP contribution in [0.1, 0.15) is 18.5 Å². The van der Waals surface area contributed by atoms with Gasteiger partial charge in [-0.1, -0.05) is 13.0 Å². The molecule has 2 N–H and O–H groups in total. The highest BCUT2D eigenvalue weighted by Crippen LogP contribution is 2.32. The monoisotopic (exact) mass is 422 g/mol. The van der Waals surface area contributed by atoms with Crippen LogP contribution in [0.25, 0.3) is 0 Å². The second-order valence-electron chi connectivity index (χ2n) is 7.04. The maximum atomic E-state index is 11.6. The molecule has 2 atom stereocenters. The molecular weight excluding hydrogens is 388 g/mol. The summed E-state index contributed by atoms with van der Waals surface area (Å²) in [5.74, 6) is 1.50. The van der Waals surface area contributed by atoms with Crippen LogP contribution in [-0.2, 0) is 14.3 Å². The Labute approximate surface area is 178 Å². The summed E-state index contributed by atoms with van der Waals surface area (Å²) in [6.45, 7) is 5.96. The molecule has 0 aliphatic carbocycles.